The summed E-state index contributed by atoms with van der Waals surface area (Å²) in [5, 5.41) is 19.5. The smallest absolute Gasteiger partial charge is 0.196 e. The molecule has 0 aromatic heterocycles. The van der Waals surface area contributed by atoms with Gasteiger partial charge >= 0.3 is 0 Å². The van der Waals surface area contributed by atoms with E-state index in [1.54, 1.807) is 13.0 Å². The quantitative estimate of drug-likeness (QED) is 0.603. The molecule has 2 rings (SSSR count). The van der Waals surface area contributed by atoms with Gasteiger partial charge in [0.05, 0.1) is 11.9 Å². The van der Waals surface area contributed by atoms with E-state index in [0.29, 0.717) is 12.0 Å². The number of hydrogen-bond acceptors (Lipinski definition) is 4. The summed E-state index contributed by atoms with van der Waals surface area (Å²) in [6, 6.07) is 0. The van der Waals surface area contributed by atoms with Gasteiger partial charge in [0, 0.05) is 12.0 Å². The van der Waals surface area contributed by atoms with Gasteiger partial charge in [-0.05, 0) is 25.5 Å². The molecule has 0 saturated heterocycles. The Bertz CT molecular complexity index is 376. The normalized spacial score (nSPS) is 35.9. The molecular formula is C11H14O4. The molecule has 0 radical (unpaired) electrons. The Morgan fingerprint density at radius 3 is 2.93 bits per heavy atom. The number of hydrogen-bond donors (Lipinski definition) is 2. The molecule has 1 heterocycles. The van der Waals surface area contributed by atoms with Gasteiger partial charge < -0.3 is 14.9 Å². The lowest BCUT2D eigenvalue weighted by atomic mass is 9.77. The lowest BCUT2D eigenvalue weighted by Gasteiger charge is -2.35. The monoisotopic (exact) mass is 210 g/mol. The van der Waals surface area contributed by atoms with E-state index in [1.165, 1.54) is 6.92 Å². The fraction of sp³-hybridized carbons (Fsp3) is 0.545. The lowest BCUT2D eigenvalue weighted by molar-refractivity contribution is -0.145. The molecule has 2 N–H and O–H groups in total. The molecule has 0 fully saturated rings. The number of ether oxygens (including phenoxy) is 1. The fourth-order valence-electron chi connectivity index (χ4n) is 1.91. The number of Topliss-reactive ketones (excluding diaryl/α,β-unsaturated/α-hetero) is 1. The van der Waals surface area contributed by atoms with Gasteiger partial charge in [-0.25, -0.2) is 0 Å². The van der Waals surface area contributed by atoms with Gasteiger partial charge in [-0.2, -0.15) is 0 Å². The van der Waals surface area contributed by atoms with E-state index in [1.807, 2.05) is 0 Å². The highest BCUT2D eigenvalue weighted by Gasteiger charge is 2.45. The van der Waals surface area contributed by atoms with Crippen molar-refractivity contribution in [2.75, 3.05) is 6.61 Å². The maximum atomic E-state index is 11.8. The van der Waals surface area contributed by atoms with E-state index in [0.717, 1.165) is 11.3 Å². The number of rotatable bonds is 0. The van der Waals surface area contributed by atoms with Gasteiger partial charge in [-0.1, -0.05) is 0 Å². The number of carbonyl (C=O) groups excluding carboxylic acids is 1. The molecule has 2 aliphatic rings. The summed E-state index contributed by atoms with van der Waals surface area (Å²) in [6.45, 7) is 3.34. The molecule has 0 spiro atoms. The van der Waals surface area contributed by atoms with Crippen LogP contribution in [0.15, 0.2) is 23.0 Å². The fourth-order valence-corrected chi connectivity index (χ4v) is 1.91. The SMILES string of the molecule is CC1=CC2=C(CO1)C(=O)C(C)(O)C(O)C2. The first-order valence-corrected chi connectivity index (χ1v) is 4.91. The van der Waals surface area contributed by atoms with Crippen LogP contribution >= 0.6 is 0 Å². The van der Waals surface area contributed by atoms with Gasteiger partial charge in [0.15, 0.2) is 11.4 Å². The van der Waals surface area contributed by atoms with Gasteiger partial charge in [-0.15, -0.1) is 0 Å². The van der Waals surface area contributed by atoms with E-state index in [-0.39, 0.29) is 6.61 Å². The summed E-state index contributed by atoms with van der Waals surface area (Å²) in [5.41, 5.74) is -0.417. The maximum absolute atomic E-state index is 11.8. The van der Waals surface area contributed by atoms with Crippen LogP contribution in [0, 0.1) is 0 Å². The highest BCUT2D eigenvalue weighted by molar-refractivity contribution is 6.04. The second kappa shape index (κ2) is 3.18. The molecule has 15 heavy (non-hydrogen) atoms. The molecule has 1 aliphatic heterocycles. The van der Waals surface area contributed by atoms with Crippen molar-refractivity contribution < 1.29 is 19.7 Å². The average Bonchev–Trinajstić information content (AvgIpc) is 2.15. The standard InChI is InChI=1S/C11H14O4/c1-6-3-7-4-9(12)11(2,14)10(13)8(7)5-15-6/h3,9,12,14H,4-5H2,1-2H3. The zero-order chi connectivity index (χ0) is 11.2. The summed E-state index contributed by atoms with van der Waals surface area (Å²) in [7, 11) is 0. The predicted octanol–water partition coefficient (Wildman–Crippen LogP) is 0.302. The summed E-state index contributed by atoms with van der Waals surface area (Å²) < 4.78 is 5.24. The van der Waals surface area contributed by atoms with Gasteiger partial charge in [0.1, 0.15) is 6.61 Å². The summed E-state index contributed by atoms with van der Waals surface area (Å²) in [4.78, 5) is 11.8. The first-order valence-electron chi connectivity index (χ1n) is 4.91. The first-order chi connectivity index (χ1) is 6.93. The van der Waals surface area contributed by atoms with Crippen LogP contribution in [0.25, 0.3) is 0 Å². The Hall–Kier alpha value is -1.13. The van der Waals surface area contributed by atoms with Crippen LogP contribution in [0.4, 0.5) is 0 Å². The second-order valence-corrected chi connectivity index (χ2v) is 4.24. The van der Waals surface area contributed by atoms with E-state index in [4.69, 9.17) is 4.74 Å². The van der Waals surface area contributed by atoms with E-state index >= 15 is 0 Å². The molecule has 2 atom stereocenters. The number of aliphatic hydroxyl groups is 2. The van der Waals surface area contributed by atoms with E-state index in [9.17, 15) is 15.0 Å². The van der Waals surface area contributed by atoms with E-state index in [2.05, 4.69) is 0 Å². The zero-order valence-corrected chi connectivity index (χ0v) is 8.78. The third kappa shape index (κ3) is 1.50. The predicted molar refractivity (Wildman–Crippen MR) is 53.0 cm³/mol. The molecule has 0 aromatic rings. The van der Waals surface area contributed by atoms with Crippen LogP contribution in [-0.2, 0) is 9.53 Å². The van der Waals surface area contributed by atoms with Crippen molar-refractivity contribution in [3.05, 3.63) is 23.0 Å². The molecule has 82 valence electrons. The zero-order valence-electron chi connectivity index (χ0n) is 8.78. The Balaban J connectivity index is 2.45. The van der Waals surface area contributed by atoms with Crippen molar-refractivity contribution in [2.24, 2.45) is 0 Å². The molecule has 0 saturated carbocycles. The summed E-state index contributed by atoms with van der Waals surface area (Å²) in [5.74, 6) is 0.301. The Kier molecular flexibility index (Phi) is 2.20. The minimum absolute atomic E-state index is 0.194. The van der Waals surface area contributed by atoms with Crippen molar-refractivity contribution in [3.63, 3.8) is 0 Å². The number of aliphatic hydroxyl groups excluding tert-OH is 1. The van der Waals surface area contributed by atoms with Crippen LogP contribution in [0.1, 0.15) is 20.3 Å². The maximum Gasteiger partial charge on any atom is 0.196 e. The average molecular weight is 210 g/mol. The minimum atomic E-state index is -1.68. The lowest BCUT2D eigenvalue weighted by Crippen LogP contribution is -2.51. The van der Waals surface area contributed by atoms with Gasteiger partial charge in [0.2, 0.25) is 0 Å². The molecule has 0 bridgehead atoms. The van der Waals surface area contributed by atoms with Crippen LogP contribution in [0.5, 0.6) is 0 Å². The molecule has 1 aliphatic carbocycles. The topological polar surface area (TPSA) is 66.8 Å². The Morgan fingerprint density at radius 1 is 1.60 bits per heavy atom. The molecule has 2 unspecified atom stereocenters. The van der Waals surface area contributed by atoms with Crippen molar-refractivity contribution in [1.82, 2.24) is 0 Å². The largest absolute Gasteiger partial charge is 0.493 e. The van der Waals surface area contributed by atoms with Crippen LogP contribution < -0.4 is 0 Å². The molecule has 4 nitrogen and oxygen atoms in total. The molecule has 0 aromatic carbocycles. The highest BCUT2D eigenvalue weighted by Crippen LogP contribution is 2.33. The van der Waals surface area contributed by atoms with Crippen molar-refractivity contribution in [3.8, 4) is 0 Å². The molecular weight excluding hydrogens is 196 g/mol. The number of allylic oxidation sites excluding steroid dienone is 2. The Labute approximate surface area is 87.9 Å². The molecule has 4 heteroatoms. The third-order valence-electron chi connectivity index (χ3n) is 3.01. The third-order valence-corrected chi connectivity index (χ3v) is 3.01. The minimum Gasteiger partial charge on any atom is -0.493 e. The number of carbonyl (C=O) groups is 1. The summed E-state index contributed by atoms with van der Waals surface area (Å²) >= 11 is 0. The van der Waals surface area contributed by atoms with Crippen molar-refractivity contribution >= 4 is 5.78 Å². The van der Waals surface area contributed by atoms with Crippen molar-refractivity contribution in [2.45, 2.75) is 32.0 Å². The van der Waals surface area contributed by atoms with Crippen molar-refractivity contribution in [1.29, 1.82) is 0 Å². The molecule has 0 amide bonds. The van der Waals surface area contributed by atoms with Crippen LogP contribution in [-0.4, -0.2) is 34.3 Å². The van der Waals surface area contributed by atoms with E-state index < -0.39 is 17.5 Å². The van der Waals surface area contributed by atoms with Crippen LogP contribution in [0.3, 0.4) is 0 Å². The van der Waals surface area contributed by atoms with Crippen LogP contribution in [0.2, 0.25) is 0 Å². The highest BCUT2D eigenvalue weighted by atomic mass is 16.5. The first kappa shape index (κ1) is 10.4. The van der Waals surface area contributed by atoms with Gasteiger partial charge in [-0.3, -0.25) is 4.79 Å². The second-order valence-electron chi connectivity index (χ2n) is 4.24. The number of ketones is 1. The van der Waals surface area contributed by atoms with Gasteiger partial charge in [0.25, 0.3) is 0 Å². The summed E-state index contributed by atoms with van der Waals surface area (Å²) in [6.07, 6.45) is 1.01. The Morgan fingerprint density at radius 2 is 2.27 bits per heavy atom.